The van der Waals surface area contributed by atoms with Gasteiger partial charge in [0.2, 0.25) is 5.91 Å². The summed E-state index contributed by atoms with van der Waals surface area (Å²) in [6.45, 7) is 1.87. The molecule has 0 unspecified atom stereocenters. The number of hydrogen-bond donors (Lipinski definition) is 1. The molecule has 1 N–H and O–H groups in total. The van der Waals surface area contributed by atoms with Crippen LogP contribution in [0.5, 0.6) is 0 Å². The molecular formula is C17H19N3O2. The van der Waals surface area contributed by atoms with Gasteiger partial charge in [0.25, 0.3) is 0 Å². The van der Waals surface area contributed by atoms with Gasteiger partial charge in [-0.15, -0.1) is 0 Å². The number of rotatable bonds is 4. The van der Waals surface area contributed by atoms with Crippen LogP contribution < -0.4 is 5.32 Å². The zero-order valence-corrected chi connectivity index (χ0v) is 12.4. The quantitative estimate of drug-likeness (QED) is 0.939. The Hall–Kier alpha value is -2.27. The Morgan fingerprint density at radius 3 is 2.77 bits per heavy atom. The van der Waals surface area contributed by atoms with E-state index in [1.165, 1.54) is 0 Å². The van der Waals surface area contributed by atoms with Gasteiger partial charge >= 0.3 is 0 Å². The van der Waals surface area contributed by atoms with Crippen molar-refractivity contribution in [2.45, 2.75) is 19.4 Å². The molecular weight excluding hydrogens is 278 g/mol. The number of nitrogens with zero attached hydrogens (tertiary/aromatic N) is 2. The third-order valence-corrected chi connectivity index (χ3v) is 3.84. The van der Waals surface area contributed by atoms with Crippen LogP contribution in [0.1, 0.15) is 18.4 Å². The molecule has 5 nitrogen and oxygen atoms in total. The molecule has 5 heteroatoms. The molecule has 0 aliphatic carbocycles. The normalized spacial score (nSPS) is 15.5. The van der Waals surface area contributed by atoms with Crippen molar-refractivity contribution < 1.29 is 9.53 Å². The molecule has 22 heavy (non-hydrogen) atoms. The summed E-state index contributed by atoms with van der Waals surface area (Å²) in [5.74, 6) is 0.191. The molecule has 0 spiro atoms. The largest absolute Gasteiger partial charge is 0.381 e. The number of ether oxygens (including phenoxy) is 1. The van der Waals surface area contributed by atoms with Gasteiger partial charge in [0.15, 0.2) is 0 Å². The number of carbonyl (C=O) groups is 1. The van der Waals surface area contributed by atoms with E-state index in [0.717, 1.165) is 29.7 Å². The van der Waals surface area contributed by atoms with Crippen LogP contribution in [0.15, 0.2) is 42.9 Å². The summed E-state index contributed by atoms with van der Waals surface area (Å²) in [6, 6.07) is 7.80. The second kappa shape index (κ2) is 7.13. The lowest BCUT2D eigenvalue weighted by atomic mass is 9.99. The summed E-state index contributed by atoms with van der Waals surface area (Å²) in [4.78, 5) is 20.6. The smallest absolute Gasteiger partial charge is 0.223 e. The minimum Gasteiger partial charge on any atom is -0.381 e. The predicted octanol–water partition coefficient (Wildman–Crippen LogP) is 2.19. The summed E-state index contributed by atoms with van der Waals surface area (Å²) >= 11 is 0. The number of amides is 1. The molecule has 0 bridgehead atoms. The van der Waals surface area contributed by atoms with Gasteiger partial charge in [-0.3, -0.25) is 14.8 Å². The average Bonchev–Trinajstić information content (AvgIpc) is 2.61. The molecule has 3 rings (SSSR count). The van der Waals surface area contributed by atoms with Crippen LogP contribution in [0.2, 0.25) is 0 Å². The van der Waals surface area contributed by atoms with Crippen molar-refractivity contribution in [2.24, 2.45) is 5.92 Å². The van der Waals surface area contributed by atoms with Crippen LogP contribution in [0.4, 0.5) is 0 Å². The number of carbonyl (C=O) groups excluding carboxylic acids is 1. The van der Waals surface area contributed by atoms with E-state index < -0.39 is 0 Å². The Morgan fingerprint density at radius 2 is 2.09 bits per heavy atom. The molecule has 1 amide bonds. The lowest BCUT2D eigenvalue weighted by molar-refractivity contribution is -0.128. The highest BCUT2D eigenvalue weighted by molar-refractivity contribution is 5.78. The molecule has 2 aromatic heterocycles. The maximum Gasteiger partial charge on any atom is 0.223 e. The summed E-state index contributed by atoms with van der Waals surface area (Å²) in [5, 5.41) is 2.98. The van der Waals surface area contributed by atoms with Crippen molar-refractivity contribution in [1.82, 2.24) is 15.3 Å². The van der Waals surface area contributed by atoms with Crippen molar-refractivity contribution in [3.05, 3.63) is 48.4 Å². The molecule has 0 atom stereocenters. The number of pyridine rings is 2. The van der Waals surface area contributed by atoms with E-state index in [-0.39, 0.29) is 11.8 Å². The molecule has 1 aliphatic rings. The molecule has 0 radical (unpaired) electrons. The van der Waals surface area contributed by atoms with Crippen molar-refractivity contribution in [3.63, 3.8) is 0 Å². The van der Waals surface area contributed by atoms with Gasteiger partial charge < -0.3 is 10.1 Å². The SMILES string of the molecule is O=C(NCc1ccc(-c2cccnc2)nc1)C1CCOCC1. The van der Waals surface area contributed by atoms with Gasteiger partial charge in [-0.2, -0.15) is 0 Å². The lowest BCUT2D eigenvalue weighted by Gasteiger charge is -2.21. The molecule has 2 aromatic rings. The highest BCUT2D eigenvalue weighted by atomic mass is 16.5. The summed E-state index contributed by atoms with van der Waals surface area (Å²) in [6.07, 6.45) is 6.94. The number of aromatic nitrogens is 2. The minimum atomic E-state index is 0.0800. The van der Waals surface area contributed by atoms with E-state index in [9.17, 15) is 4.79 Å². The van der Waals surface area contributed by atoms with E-state index in [2.05, 4.69) is 15.3 Å². The fraction of sp³-hybridized carbons (Fsp3) is 0.353. The van der Waals surface area contributed by atoms with Crippen molar-refractivity contribution in [1.29, 1.82) is 0 Å². The van der Waals surface area contributed by atoms with E-state index in [1.807, 2.05) is 24.3 Å². The first-order valence-corrected chi connectivity index (χ1v) is 7.54. The maximum atomic E-state index is 12.1. The van der Waals surface area contributed by atoms with Crippen LogP contribution in [0, 0.1) is 5.92 Å². The maximum absolute atomic E-state index is 12.1. The molecule has 3 heterocycles. The topological polar surface area (TPSA) is 64.1 Å². The molecule has 114 valence electrons. The van der Waals surface area contributed by atoms with Crippen LogP contribution >= 0.6 is 0 Å². The van der Waals surface area contributed by atoms with E-state index in [0.29, 0.717) is 19.8 Å². The van der Waals surface area contributed by atoms with Crippen LogP contribution in [0.3, 0.4) is 0 Å². The Bertz CT molecular complexity index is 608. The highest BCUT2D eigenvalue weighted by Crippen LogP contribution is 2.16. The lowest BCUT2D eigenvalue weighted by Crippen LogP contribution is -2.33. The third-order valence-electron chi connectivity index (χ3n) is 3.84. The first-order chi connectivity index (χ1) is 10.8. The fourth-order valence-electron chi connectivity index (χ4n) is 2.51. The first-order valence-electron chi connectivity index (χ1n) is 7.54. The monoisotopic (exact) mass is 297 g/mol. The number of hydrogen-bond acceptors (Lipinski definition) is 4. The van der Waals surface area contributed by atoms with Crippen molar-refractivity contribution in [2.75, 3.05) is 13.2 Å². The van der Waals surface area contributed by atoms with Gasteiger partial charge in [0, 0.05) is 49.8 Å². The third kappa shape index (κ3) is 3.68. The van der Waals surface area contributed by atoms with Gasteiger partial charge in [-0.05, 0) is 36.6 Å². The molecule has 0 saturated carbocycles. The van der Waals surface area contributed by atoms with Crippen LogP contribution in [0.25, 0.3) is 11.3 Å². The minimum absolute atomic E-state index is 0.0800. The summed E-state index contributed by atoms with van der Waals surface area (Å²) < 4.78 is 5.27. The van der Waals surface area contributed by atoms with Gasteiger partial charge in [0.1, 0.15) is 0 Å². The molecule has 1 aliphatic heterocycles. The second-order valence-electron chi connectivity index (χ2n) is 5.40. The predicted molar refractivity (Wildman–Crippen MR) is 82.9 cm³/mol. The Kier molecular flexibility index (Phi) is 4.75. The molecule has 1 saturated heterocycles. The highest BCUT2D eigenvalue weighted by Gasteiger charge is 2.20. The van der Waals surface area contributed by atoms with Crippen LogP contribution in [-0.4, -0.2) is 29.1 Å². The summed E-state index contributed by atoms with van der Waals surface area (Å²) in [5.41, 5.74) is 2.86. The molecule has 1 fully saturated rings. The van der Waals surface area contributed by atoms with Crippen molar-refractivity contribution >= 4 is 5.91 Å². The zero-order chi connectivity index (χ0) is 15.2. The first kappa shape index (κ1) is 14.7. The van der Waals surface area contributed by atoms with Crippen LogP contribution in [-0.2, 0) is 16.1 Å². The van der Waals surface area contributed by atoms with E-state index >= 15 is 0 Å². The Morgan fingerprint density at radius 1 is 1.23 bits per heavy atom. The van der Waals surface area contributed by atoms with E-state index in [4.69, 9.17) is 4.74 Å². The second-order valence-corrected chi connectivity index (χ2v) is 5.40. The Balaban J connectivity index is 1.56. The van der Waals surface area contributed by atoms with E-state index in [1.54, 1.807) is 18.6 Å². The Labute approximate surface area is 129 Å². The fourth-order valence-corrected chi connectivity index (χ4v) is 2.51. The van der Waals surface area contributed by atoms with Gasteiger partial charge in [0.05, 0.1) is 5.69 Å². The average molecular weight is 297 g/mol. The standard InChI is InChI=1S/C17H19N3O2/c21-17(14-5-8-22-9-6-14)20-11-13-3-4-16(19-10-13)15-2-1-7-18-12-15/h1-4,7,10,12,14H,5-6,8-9,11H2,(H,20,21). The summed E-state index contributed by atoms with van der Waals surface area (Å²) in [7, 11) is 0. The number of nitrogens with one attached hydrogen (secondary N) is 1. The van der Waals surface area contributed by atoms with Gasteiger partial charge in [-0.25, -0.2) is 0 Å². The molecule has 0 aromatic carbocycles. The van der Waals surface area contributed by atoms with Gasteiger partial charge in [-0.1, -0.05) is 6.07 Å². The van der Waals surface area contributed by atoms with Crippen molar-refractivity contribution in [3.8, 4) is 11.3 Å². The zero-order valence-electron chi connectivity index (χ0n) is 12.4.